The number of rotatable bonds is 4. The maximum Gasteiger partial charge on any atom is 0.253 e. The van der Waals surface area contributed by atoms with Gasteiger partial charge in [0.2, 0.25) is 0 Å². The minimum Gasteiger partial charge on any atom is -0.336 e. The Balaban J connectivity index is 1.58. The van der Waals surface area contributed by atoms with Gasteiger partial charge in [0.1, 0.15) is 0 Å². The van der Waals surface area contributed by atoms with Crippen molar-refractivity contribution >= 4 is 29.3 Å². The minimum atomic E-state index is 0.128. The van der Waals surface area contributed by atoms with Crippen LogP contribution in [-0.2, 0) is 5.75 Å². The maximum atomic E-state index is 12.4. The van der Waals surface area contributed by atoms with E-state index >= 15 is 0 Å². The zero-order valence-electron chi connectivity index (χ0n) is 12.8. The molecule has 0 bridgehead atoms. The summed E-state index contributed by atoms with van der Waals surface area (Å²) in [4.78, 5) is 15.5. The first-order valence-electron chi connectivity index (χ1n) is 7.70. The van der Waals surface area contributed by atoms with Crippen molar-refractivity contribution in [1.82, 2.24) is 10.2 Å². The first-order chi connectivity index (χ1) is 11.2. The van der Waals surface area contributed by atoms with Crippen molar-refractivity contribution in [1.29, 1.82) is 0 Å². The van der Waals surface area contributed by atoms with Crippen molar-refractivity contribution < 1.29 is 4.79 Å². The number of halogens is 1. The summed E-state index contributed by atoms with van der Waals surface area (Å²) >= 11 is 7.65. The molecular formula is C18H19ClN2OS. The molecule has 120 valence electrons. The Morgan fingerprint density at radius 1 is 1.04 bits per heavy atom. The molecule has 1 N–H and O–H groups in total. The van der Waals surface area contributed by atoms with Gasteiger partial charge in [-0.1, -0.05) is 23.7 Å². The van der Waals surface area contributed by atoms with E-state index < -0.39 is 0 Å². The molecule has 1 aliphatic rings. The predicted molar refractivity (Wildman–Crippen MR) is 96.2 cm³/mol. The van der Waals surface area contributed by atoms with E-state index in [9.17, 15) is 4.79 Å². The summed E-state index contributed by atoms with van der Waals surface area (Å²) < 4.78 is 0. The molecule has 1 saturated heterocycles. The van der Waals surface area contributed by atoms with Gasteiger partial charge in [-0.05, 0) is 42.0 Å². The summed E-state index contributed by atoms with van der Waals surface area (Å²) in [5, 5.41) is 4.02. The quantitative estimate of drug-likeness (QED) is 0.857. The number of thioether (sulfide) groups is 1. The summed E-state index contributed by atoms with van der Waals surface area (Å²) in [6, 6.07) is 15.8. The fraction of sp³-hybridized carbons (Fsp3) is 0.278. The molecule has 0 aromatic heterocycles. The Morgan fingerprint density at radius 2 is 1.70 bits per heavy atom. The first kappa shape index (κ1) is 16.4. The van der Waals surface area contributed by atoms with Gasteiger partial charge in [0.25, 0.3) is 5.91 Å². The van der Waals surface area contributed by atoms with E-state index in [1.165, 1.54) is 10.5 Å². The molecule has 0 atom stereocenters. The van der Waals surface area contributed by atoms with E-state index in [-0.39, 0.29) is 5.91 Å². The summed E-state index contributed by atoms with van der Waals surface area (Å²) in [5.74, 6) is 1.01. The summed E-state index contributed by atoms with van der Waals surface area (Å²) in [5.41, 5.74) is 1.98. The second-order valence-electron chi connectivity index (χ2n) is 5.48. The molecule has 3 nitrogen and oxygen atoms in total. The highest BCUT2D eigenvalue weighted by atomic mass is 35.5. The highest BCUT2D eigenvalue weighted by Gasteiger charge is 2.17. The van der Waals surface area contributed by atoms with Gasteiger partial charge < -0.3 is 10.2 Å². The Kier molecular flexibility index (Phi) is 5.60. The molecule has 1 heterocycles. The molecule has 0 unspecified atom stereocenters. The van der Waals surface area contributed by atoms with Crippen molar-refractivity contribution in [2.45, 2.75) is 10.6 Å². The van der Waals surface area contributed by atoms with Crippen LogP contribution in [0, 0.1) is 0 Å². The second kappa shape index (κ2) is 7.86. The largest absolute Gasteiger partial charge is 0.336 e. The van der Waals surface area contributed by atoms with Crippen LogP contribution in [0.4, 0.5) is 0 Å². The predicted octanol–water partition coefficient (Wildman–Crippen LogP) is 3.68. The van der Waals surface area contributed by atoms with E-state index in [0.717, 1.165) is 42.5 Å². The molecule has 1 amide bonds. The van der Waals surface area contributed by atoms with Gasteiger partial charge in [-0.25, -0.2) is 0 Å². The molecule has 3 rings (SSSR count). The van der Waals surface area contributed by atoms with Gasteiger partial charge in [0.15, 0.2) is 0 Å². The third kappa shape index (κ3) is 4.50. The Morgan fingerprint density at radius 3 is 2.35 bits per heavy atom. The number of piperazine rings is 1. The van der Waals surface area contributed by atoms with E-state index in [1.54, 1.807) is 11.8 Å². The van der Waals surface area contributed by atoms with Crippen molar-refractivity contribution in [2.24, 2.45) is 0 Å². The number of amides is 1. The van der Waals surface area contributed by atoms with Gasteiger partial charge >= 0.3 is 0 Å². The minimum absolute atomic E-state index is 0.128. The van der Waals surface area contributed by atoms with E-state index in [1.807, 2.05) is 53.4 Å². The van der Waals surface area contributed by atoms with Crippen LogP contribution in [0.25, 0.3) is 0 Å². The fourth-order valence-electron chi connectivity index (χ4n) is 2.49. The Hall–Kier alpha value is -1.49. The average Bonchev–Trinajstić information content (AvgIpc) is 2.62. The lowest BCUT2D eigenvalue weighted by Gasteiger charge is -2.27. The van der Waals surface area contributed by atoms with Crippen LogP contribution in [0.2, 0.25) is 5.02 Å². The molecule has 1 aliphatic heterocycles. The van der Waals surface area contributed by atoms with Crippen LogP contribution in [-0.4, -0.2) is 37.0 Å². The maximum absolute atomic E-state index is 12.4. The molecule has 0 aliphatic carbocycles. The van der Waals surface area contributed by atoms with Crippen LogP contribution < -0.4 is 5.32 Å². The molecule has 2 aromatic rings. The smallest absolute Gasteiger partial charge is 0.253 e. The number of nitrogens with one attached hydrogen (secondary N) is 1. The van der Waals surface area contributed by atoms with Crippen molar-refractivity contribution in [3.05, 3.63) is 64.7 Å². The zero-order valence-corrected chi connectivity index (χ0v) is 14.4. The normalized spacial score (nSPS) is 14.7. The SMILES string of the molecule is O=C(c1ccc(CSc2ccc(Cl)cc2)cc1)N1CCNCC1. The monoisotopic (exact) mass is 346 g/mol. The number of hydrogen-bond acceptors (Lipinski definition) is 3. The number of carbonyl (C=O) groups is 1. The number of carbonyl (C=O) groups excluding carboxylic acids is 1. The molecule has 0 saturated carbocycles. The third-order valence-corrected chi connectivity index (χ3v) is 5.16. The zero-order chi connectivity index (χ0) is 16.1. The Labute approximate surface area is 146 Å². The van der Waals surface area contributed by atoms with Crippen LogP contribution in [0.3, 0.4) is 0 Å². The average molecular weight is 347 g/mol. The molecule has 0 radical (unpaired) electrons. The highest BCUT2D eigenvalue weighted by molar-refractivity contribution is 7.98. The van der Waals surface area contributed by atoms with Gasteiger partial charge in [-0.15, -0.1) is 11.8 Å². The Bertz CT molecular complexity index is 652. The van der Waals surface area contributed by atoms with Crippen molar-refractivity contribution in [2.75, 3.05) is 26.2 Å². The van der Waals surface area contributed by atoms with Crippen molar-refractivity contribution in [3.63, 3.8) is 0 Å². The molecule has 1 fully saturated rings. The number of benzene rings is 2. The molecular weight excluding hydrogens is 328 g/mol. The lowest BCUT2D eigenvalue weighted by molar-refractivity contribution is 0.0736. The van der Waals surface area contributed by atoms with Crippen LogP contribution >= 0.6 is 23.4 Å². The molecule has 0 spiro atoms. The van der Waals surface area contributed by atoms with Crippen LogP contribution in [0.1, 0.15) is 15.9 Å². The molecule has 2 aromatic carbocycles. The first-order valence-corrected chi connectivity index (χ1v) is 9.06. The lowest BCUT2D eigenvalue weighted by Crippen LogP contribution is -2.46. The summed E-state index contributed by atoms with van der Waals surface area (Å²) in [6.07, 6.45) is 0. The van der Waals surface area contributed by atoms with Crippen molar-refractivity contribution in [3.8, 4) is 0 Å². The third-order valence-electron chi connectivity index (χ3n) is 3.82. The second-order valence-corrected chi connectivity index (χ2v) is 6.97. The highest BCUT2D eigenvalue weighted by Crippen LogP contribution is 2.24. The standard InChI is InChI=1S/C18H19ClN2OS/c19-16-5-7-17(8-6-16)23-13-14-1-3-15(4-2-14)18(22)21-11-9-20-10-12-21/h1-8,20H,9-13H2. The topological polar surface area (TPSA) is 32.3 Å². The molecule has 5 heteroatoms. The van der Waals surface area contributed by atoms with E-state index in [0.29, 0.717) is 0 Å². The van der Waals surface area contributed by atoms with Gasteiger partial charge in [0.05, 0.1) is 0 Å². The van der Waals surface area contributed by atoms with Gasteiger partial charge in [-0.3, -0.25) is 4.79 Å². The van der Waals surface area contributed by atoms with E-state index in [4.69, 9.17) is 11.6 Å². The summed E-state index contributed by atoms with van der Waals surface area (Å²) in [7, 11) is 0. The van der Waals surface area contributed by atoms with E-state index in [2.05, 4.69) is 5.32 Å². The van der Waals surface area contributed by atoms with Crippen LogP contribution in [0.5, 0.6) is 0 Å². The van der Waals surface area contributed by atoms with Gasteiger partial charge in [0, 0.05) is 47.4 Å². The number of hydrogen-bond donors (Lipinski definition) is 1. The van der Waals surface area contributed by atoms with Crippen LogP contribution in [0.15, 0.2) is 53.4 Å². The molecule has 23 heavy (non-hydrogen) atoms. The fourth-order valence-corrected chi connectivity index (χ4v) is 3.47. The lowest BCUT2D eigenvalue weighted by atomic mass is 10.1. The summed E-state index contributed by atoms with van der Waals surface area (Å²) in [6.45, 7) is 3.32. The number of nitrogens with zero attached hydrogens (tertiary/aromatic N) is 1. The van der Waals surface area contributed by atoms with Gasteiger partial charge in [-0.2, -0.15) is 0 Å².